The van der Waals surface area contributed by atoms with Crippen molar-refractivity contribution in [1.29, 1.82) is 0 Å². The molecule has 0 saturated heterocycles. The minimum atomic E-state index is -0.510. The van der Waals surface area contributed by atoms with Gasteiger partial charge < -0.3 is 30.4 Å². The zero-order valence-electron chi connectivity index (χ0n) is 19.9. The summed E-state index contributed by atoms with van der Waals surface area (Å²) < 4.78 is 8.60. The van der Waals surface area contributed by atoms with Crippen molar-refractivity contribution in [1.82, 2.24) is 24.5 Å². The lowest BCUT2D eigenvalue weighted by atomic mass is 9.89. The predicted octanol–water partition coefficient (Wildman–Crippen LogP) is 2.06. The second-order valence-corrected chi connectivity index (χ2v) is 9.24. The highest BCUT2D eigenvalue weighted by Crippen LogP contribution is 2.31. The quantitative estimate of drug-likeness (QED) is 0.403. The van der Waals surface area contributed by atoms with Crippen LogP contribution in [-0.2, 0) is 4.74 Å². The number of nitrogens with one attached hydrogen (secondary N) is 3. The predicted molar refractivity (Wildman–Crippen MR) is 131 cm³/mol. The highest BCUT2D eigenvalue weighted by atomic mass is 16.5. The number of nitrogens with zero attached hydrogens (tertiary/aromatic N) is 4. The van der Waals surface area contributed by atoms with E-state index in [9.17, 15) is 14.7 Å². The number of ether oxygens (including phenoxy) is 1. The van der Waals surface area contributed by atoms with E-state index in [1.165, 1.54) is 6.20 Å². The second kappa shape index (κ2) is 9.67. The average Bonchev–Trinajstić information content (AvgIpc) is 3.29. The van der Waals surface area contributed by atoms with Crippen LogP contribution in [0.1, 0.15) is 54.9 Å². The van der Waals surface area contributed by atoms with E-state index in [1.807, 2.05) is 0 Å². The molecule has 11 heteroatoms. The van der Waals surface area contributed by atoms with Gasteiger partial charge in [-0.05, 0) is 50.7 Å². The van der Waals surface area contributed by atoms with Crippen molar-refractivity contribution in [2.24, 2.45) is 0 Å². The molecule has 4 N–H and O–H groups in total. The maximum Gasteiger partial charge on any atom is 0.274 e. The molecule has 4 atom stereocenters. The Morgan fingerprint density at radius 1 is 1.26 bits per heavy atom. The molecule has 2 aliphatic rings. The number of hydrogen-bond acceptors (Lipinski definition) is 8. The lowest BCUT2D eigenvalue weighted by Gasteiger charge is -2.34. The maximum atomic E-state index is 13.1. The molecule has 2 unspecified atom stereocenters. The molecule has 3 aromatic heterocycles. The van der Waals surface area contributed by atoms with Gasteiger partial charge in [-0.15, -0.1) is 0 Å². The number of fused-ring (bicyclic) bond motifs is 1. The van der Waals surface area contributed by atoms with Gasteiger partial charge in [-0.3, -0.25) is 9.59 Å². The summed E-state index contributed by atoms with van der Waals surface area (Å²) in [5.74, 6) is 0.770. The number of amides is 1. The first-order chi connectivity index (χ1) is 17.0. The zero-order chi connectivity index (χ0) is 24.5. The third kappa shape index (κ3) is 4.48. The second-order valence-electron chi connectivity index (χ2n) is 9.24. The van der Waals surface area contributed by atoms with Gasteiger partial charge in [0.15, 0.2) is 5.65 Å². The average molecular weight is 482 g/mol. The van der Waals surface area contributed by atoms with Gasteiger partial charge in [0.1, 0.15) is 22.9 Å². The summed E-state index contributed by atoms with van der Waals surface area (Å²) in [6, 6.07) is 4.98. The first kappa shape index (κ1) is 23.3. The van der Waals surface area contributed by atoms with E-state index in [0.29, 0.717) is 35.0 Å². The zero-order valence-corrected chi connectivity index (χ0v) is 19.9. The number of aliphatic hydroxyl groups excluding tert-OH is 1. The third-order valence-electron chi connectivity index (χ3n) is 7.06. The molecule has 2 aliphatic carbocycles. The van der Waals surface area contributed by atoms with Crippen LogP contribution < -0.4 is 21.5 Å². The fourth-order valence-corrected chi connectivity index (χ4v) is 4.91. The Balaban J connectivity index is 1.43. The van der Waals surface area contributed by atoms with E-state index in [0.717, 1.165) is 32.1 Å². The summed E-state index contributed by atoms with van der Waals surface area (Å²) in [5.41, 5.74) is 0.832. The van der Waals surface area contributed by atoms with E-state index >= 15 is 0 Å². The van der Waals surface area contributed by atoms with Gasteiger partial charge in [0, 0.05) is 32.5 Å². The lowest BCUT2D eigenvalue weighted by Crippen LogP contribution is -2.40. The van der Waals surface area contributed by atoms with E-state index < -0.39 is 6.10 Å². The fourth-order valence-electron chi connectivity index (χ4n) is 4.91. The number of aromatic nitrogens is 4. The number of carbonyl (C=O) groups is 1. The van der Waals surface area contributed by atoms with Gasteiger partial charge in [0.25, 0.3) is 11.5 Å². The van der Waals surface area contributed by atoms with Crippen LogP contribution in [-0.4, -0.2) is 62.6 Å². The molecule has 0 aliphatic heterocycles. The Morgan fingerprint density at radius 2 is 2.11 bits per heavy atom. The largest absolute Gasteiger partial charge is 0.391 e. The van der Waals surface area contributed by atoms with Gasteiger partial charge in [-0.25, -0.2) is 4.98 Å². The van der Waals surface area contributed by atoms with Gasteiger partial charge in [0.2, 0.25) is 0 Å². The minimum absolute atomic E-state index is 0.0332. The monoisotopic (exact) mass is 481 g/mol. The number of hydrogen-bond donors (Lipinski definition) is 4. The molecule has 2 saturated carbocycles. The van der Waals surface area contributed by atoms with Gasteiger partial charge >= 0.3 is 0 Å². The Morgan fingerprint density at radius 3 is 2.83 bits per heavy atom. The van der Waals surface area contributed by atoms with Crippen molar-refractivity contribution in [3.8, 4) is 0 Å². The van der Waals surface area contributed by atoms with Crippen LogP contribution in [0.3, 0.4) is 0 Å². The minimum Gasteiger partial charge on any atom is -0.391 e. The number of rotatable bonds is 7. The fraction of sp³-hybridized carbons (Fsp3) is 0.500. The molecule has 3 aromatic rings. The smallest absolute Gasteiger partial charge is 0.274 e. The molecule has 0 bridgehead atoms. The molecule has 5 rings (SSSR count). The summed E-state index contributed by atoms with van der Waals surface area (Å²) >= 11 is 0. The van der Waals surface area contributed by atoms with Crippen LogP contribution >= 0.6 is 0 Å². The first-order valence-electron chi connectivity index (χ1n) is 12.0. The third-order valence-corrected chi connectivity index (χ3v) is 7.06. The topological polar surface area (TPSA) is 135 Å². The molecular formula is C24H31N7O4. The van der Waals surface area contributed by atoms with Crippen LogP contribution in [0.25, 0.3) is 5.65 Å². The number of aliphatic hydroxyl groups is 1. The lowest BCUT2D eigenvalue weighted by molar-refractivity contribution is 0.0300. The standard InChI is InChI=1S/C24H31N7O4/c1-25-21-12-20(28-17-7-4-10-30(24(17)34)18-8-9-19(18)32)29-22-16(13-26-31(21)22)23(33)27-14-5-3-6-15(11-14)35-2/h4,7,10,12-15,18-19,25,32H,3,5-6,8-9,11H2,1-2H3,(H,27,33)(H,28,29)/t14?,15-,18?,19-/m0/s1. The summed E-state index contributed by atoms with van der Waals surface area (Å²) in [6.07, 6.45) is 7.98. The van der Waals surface area contributed by atoms with Crippen LogP contribution in [0.4, 0.5) is 17.3 Å². The van der Waals surface area contributed by atoms with E-state index in [-0.39, 0.29) is 29.7 Å². The maximum absolute atomic E-state index is 13.1. The molecule has 0 aromatic carbocycles. The van der Waals surface area contributed by atoms with Crippen LogP contribution in [0, 0.1) is 0 Å². The highest BCUT2D eigenvalue weighted by molar-refractivity contribution is 6.00. The van der Waals surface area contributed by atoms with E-state index in [1.54, 1.807) is 47.6 Å². The molecular weight excluding hydrogens is 450 g/mol. The number of methoxy groups -OCH3 is 1. The van der Waals surface area contributed by atoms with E-state index in [4.69, 9.17) is 4.74 Å². The number of carbonyl (C=O) groups excluding carboxylic acids is 1. The van der Waals surface area contributed by atoms with Gasteiger partial charge in [0.05, 0.1) is 24.4 Å². The van der Waals surface area contributed by atoms with Crippen molar-refractivity contribution in [3.63, 3.8) is 0 Å². The van der Waals surface area contributed by atoms with Crippen LogP contribution in [0.2, 0.25) is 0 Å². The molecule has 1 amide bonds. The molecule has 3 heterocycles. The summed E-state index contributed by atoms with van der Waals surface area (Å²) in [4.78, 5) is 30.8. The van der Waals surface area contributed by atoms with Crippen LogP contribution in [0.5, 0.6) is 0 Å². The van der Waals surface area contributed by atoms with Crippen molar-refractivity contribution >= 4 is 28.9 Å². The molecule has 0 radical (unpaired) electrons. The van der Waals surface area contributed by atoms with Crippen molar-refractivity contribution in [3.05, 3.63) is 46.5 Å². The molecule has 2 fully saturated rings. The van der Waals surface area contributed by atoms with Gasteiger partial charge in [-0.1, -0.05) is 0 Å². The highest BCUT2D eigenvalue weighted by Gasteiger charge is 2.31. The molecule has 11 nitrogen and oxygen atoms in total. The summed E-state index contributed by atoms with van der Waals surface area (Å²) in [7, 11) is 3.45. The number of anilines is 3. The molecule has 0 spiro atoms. The van der Waals surface area contributed by atoms with Crippen molar-refractivity contribution in [2.45, 2.75) is 62.8 Å². The Kier molecular flexibility index (Phi) is 6.44. The normalized spacial score (nSPS) is 24.1. The van der Waals surface area contributed by atoms with Crippen molar-refractivity contribution < 1.29 is 14.6 Å². The molecule has 35 heavy (non-hydrogen) atoms. The Labute approximate surface area is 202 Å². The van der Waals surface area contributed by atoms with Gasteiger partial charge in [-0.2, -0.15) is 9.61 Å². The summed E-state index contributed by atoms with van der Waals surface area (Å²) in [6.45, 7) is 0. The SMILES string of the molecule is CNc1cc(Nc2cccn(C3CC[C@@H]3O)c2=O)nc2c(C(=O)NC3CCC[C@H](OC)C3)cnn12. The van der Waals surface area contributed by atoms with Crippen LogP contribution in [0.15, 0.2) is 35.4 Å². The van der Waals surface area contributed by atoms with Crippen molar-refractivity contribution in [2.75, 3.05) is 24.8 Å². The first-order valence-corrected chi connectivity index (χ1v) is 12.0. The molecule has 186 valence electrons. The number of pyridine rings is 1. The van der Waals surface area contributed by atoms with E-state index in [2.05, 4.69) is 26.0 Å². The Bertz CT molecular complexity index is 1290. The Hall–Kier alpha value is -3.44. The summed E-state index contributed by atoms with van der Waals surface area (Å²) in [5, 5.41) is 23.6.